The zero-order chi connectivity index (χ0) is 16.4. The molecule has 2 aromatic carbocycles. The van der Waals surface area contributed by atoms with Crippen LogP contribution >= 0.6 is 0 Å². The van der Waals surface area contributed by atoms with Gasteiger partial charge in [0.1, 0.15) is 12.1 Å². The lowest BCUT2D eigenvalue weighted by Crippen LogP contribution is -2.16. The Morgan fingerprint density at radius 1 is 1.13 bits per heavy atom. The van der Waals surface area contributed by atoms with Crippen molar-refractivity contribution in [1.29, 1.82) is 5.26 Å². The molecule has 114 valence electrons. The van der Waals surface area contributed by atoms with Crippen LogP contribution in [0.2, 0.25) is 0 Å². The molecular weight excluding hydrogens is 288 g/mol. The molecule has 0 aliphatic carbocycles. The number of hydrogen-bond donors (Lipinski definition) is 0. The van der Waals surface area contributed by atoms with Crippen molar-refractivity contribution in [2.24, 2.45) is 0 Å². The van der Waals surface area contributed by atoms with Crippen molar-refractivity contribution < 1.29 is 4.42 Å². The molecule has 0 atom stereocenters. The van der Waals surface area contributed by atoms with E-state index in [-0.39, 0.29) is 12.2 Å². The van der Waals surface area contributed by atoms with E-state index in [2.05, 4.69) is 6.07 Å². The van der Waals surface area contributed by atoms with Crippen LogP contribution in [0.3, 0.4) is 0 Å². The van der Waals surface area contributed by atoms with Crippen LogP contribution < -0.4 is 10.5 Å². The van der Waals surface area contributed by atoms with Crippen LogP contribution in [-0.4, -0.2) is 13.6 Å². The number of hydrogen-bond acceptors (Lipinski definition) is 4. The van der Waals surface area contributed by atoms with Gasteiger partial charge in [0.15, 0.2) is 0 Å². The second-order valence-corrected chi connectivity index (χ2v) is 5.49. The standard InChI is InChI=1S/C19H16N2O2/c1-13-5-3-4-6-15(13)17-12-19(22)23-18-11-14(7-8-16(17)18)21(2)10-9-20/h3-8,11-12H,10H2,1-2H3. The minimum absolute atomic E-state index is 0.271. The van der Waals surface area contributed by atoms with Crippen LogP contribution in [0.15, 0.2) is 57.7 Å². The maximum Gasteiger partial charge on any atom is 0.336 e. The van der Waals surface area contributed by atoms with E-state index in [1.807, 2.05) is 50.4 Å². The summed E-state index contributed by atoms with van der Waals surface area (Å²) >= 11 is 0. The fourth-order valence-corrected chi connectivity index (χ4v) is 2.68. The third kappa shape index (κ3) is 2.82. The van der Waals surface area contributed by atoms with Gasteiger partial charge in [-0.3, -0.25) is 0 Å². The van der Waals surface area contributed by atoms with Crippen LogP contribution in [0.4, 0.5) is 5.69 Å². The molecule has 0 aliphatic heterocycles. The predicted molar refractivity (Wildman–Crippen MR) is 91.5 cm³/mol. The van der Waals surface area contributed by atoms with E-state index in [0.717, 1.165) is 27.8 Å². The maximum absolute atomic E-state index is 12.0. The van der Waals surface area contributed by atoms with Crippen LogP contribution in [-0.2, 0) is 0 Å². The number of nitrogens with zero attached hydrogens (tertiary/aromatic N) is 2. The molecule has 0 spiro atoms. The highest BCUT2D eigenvalue weighted by atomic mass is 16.4. The zero-order valence-electron chi connectivity index (χ0n) is 13.0. The van der Waals surface area contributed by atoms with Gasteiger partial charge in [-0.25, -0.2) is 4.79 Å². The average Bonchev–Trinajstić information content (AvgIpc) is 2.54. The van der Waals surface area contributed by atoms with E-state index in [1.165, 1.54) is 6.07 Å². The molecule has 0 bridgehead atoms. The number of rotatable bonds is 3. The maximum atomic E-state index is 12.0. The Morgan fingerprint density at radius 2 is 1.91 bits per heavy atom. The molecule has 0 amide bonds. The third-order valence-electron chi connectivity index (χ3n) is 3.91. The largest absolute Gasteiger partial charge is 0.423 e. The van der Waals surface area contributed by atoms with Crippen molar-refractivity contribution in [3.05, 3.63) is 64.5 Å². The molecule has 3 rings (SSSR count). The van der Waals surface area contributed by atoms with Gasteiger partial charge >= 0.3 is 5.63 Å². The quantitative estimate of drug-likeness (QED) is 0.546. The number of aryl methyl sites for hydroxylation is 1. The van der Waals surface area contributed by atoms with Crippen molar-refractivity contribution in [1.82, 2.24) is 0 Å². The Balaban J connectivity index is 2.23. The fourth-order valence-electron chi connectivity index (χ4n) is 2.68. The van der Waals surface area contributed by atoms with Gasteiger partial charge < -0.3 is 9.32 Å². The van der Waals surface area contributed by atoms with Crippen molar-refractivity contribution in [3.8, 4) is 17.2 Å². The summed E-state index contributed by atoms with van der Waals surface area (Å²) in [6, 6.07) is 17.2. The van der Waals surface area contributed by atoms with Crippen LogP contribution in [0.1, 0.15) is 5.56 Å². The molecule has 1 heterocycles. The minimum Gasteiger partial charge on any atom is -0.423 e. The summed E-state index contributed by atoms with van der Waals surface area (Å²) in [5.41, 5.74) is 3.97. The van der Waals surface area contributed by atoms with E-state index in [1.54, 1.807) is 11.0 Å². The third-order valence-corrected chi connectivity index (χ3v) is 3.91. The first-order valence-corrected chi connectivity index (χ1v) is 7.32. The Morgan fingerprint density at radius 3 is 2.65 bits per heavy atom. The fraction of sp³-hybridized carbons (Fsp3) is 0.158. The molecule has 0 radical (unpaired) electrons. The highest BCUT2D eigenvalue weighted by Crippen LogP contribution is 2.31. The van der Waals surface area contributed by atoms with Gasteiger partial charge in [-0.15, -0.1) is 0 Å². The Hall–Kier alpha value is -3.06. The topological polar surface area (TPSA) is 57.2 Å². The number of fused-ring (bicyclic) bond motifs is 1. The normalized spacial score (nSPS) is 10.5. The van der Waals surface area contributed by atoms with Gasteiger partial charge in [0.05, 0.1) is 6.07 Å². The highest BCUT2D eigenvalue weighted by molar-refractivity contribution is 5.95. The van der Waals surface area contributed by atoms with Crippen molar-refractivity contribution in [3.63, 3.8) is 0 Å². The summed E-state index contributed by atoms with van der Waals surface area (Å²) in [6.45, 7) is 2.29. The second-order valence-electron chi connectivity index (χ2n) is 5.49. The average molecular weight is 304 g/mol. The van der Waals surface area contributed by atoms with Crippen LogP contribution in [0.5, 0.6) is 0 Å². The molecule has 23 heavy (non-hydrogen) atoms. The van der Waals surface area contributed by atoms with Crippen LogP contribution in [0, 0.1) is 18.3 Å². The molecule has 0 aliphatic rings. The monoisotopic (exact) mass is 304 g/mol. The summed E-state index contributed by atoms with van der Waals surface area (Å²) in [6.07, 6.45) is 0. The first kappa shape index (κ1) is 14.9. The summed E-state index contributed by atoms with van der Waals surface area (Å²) < 4.78 is 5.37. The van der Waals surface area contributed by atoms with Crippen molar-refractivity contribution in [2.45, 2.75) is 6.92 Å². The Kier molecular flexibility index (Phi) is 3.86. The zero-order valence-corrected chi connectivity index (χ0v) is 13.0. The second kappa shape index (κ2) is 5.98. The van der Waals surface area contributed by atoms with E-state index in [4.69, 9.17) is 9.68 Å². The molecular formula is C19H16N2O2. The SMILES string of the molecule is Cc1ccccc1-c1cc(=O)oc2cc(N(C)CC#N)ccc12. The molecule has 0 saturated heterocycles. The molecule has 0 unspecified atom stereocenters. The summed E-state index contributed by atoms with van der Waals surface area (Å²) in [4.78, 5) is 13.8. The number of anilines is 1. The molecule has 0 saturated carbocycles. The predicted octanol–water partition coefficient (Wildman–Crippen LogP) is 3.73. The van der Waals surface area contributed by atoms with Crippen LogP contribution in [0.25, 0.3) is 22.1 Å². The molecule has 1 aromatic heterocycles. The lowest BCUT2D eigenvalue weighted by atomic mass is 9.98. The number of nitriles is 1. The molecule has 0 fully saturated rings. The van der Waals surface area contributed by atoms with Gasteiger partial charge in [0.2, 0.25) is 0 Å². The molecule has 0 N–H and O–H groups in total. The molecule has 3 aromatic rings. The summed E-state index contributed by atoms with van der Waals surface area (Å²) in [5.74, 6) is 0. The van der Waals surface area contributed by atoms with E-state index in [0.29, 0.717) is 5.58 Å². The lowest BCUT2D eigenvalue weighted by molar-refractivity contribution is 0.561. The number of benzene rings is 2. The lowest BCUT2D eigenvalue weighted by Gasteiger charge is -2.16. The smallest absolute Gasteiger partial charge is 0.336 e. The van der Waals surface area contributed by atoms with Gasteiger partial charge in [0, 0.05) is 35.8 Å². The van der Waals surface area contributed by atoms with Crippen molar-refractivity contribution >= 4 is 16.7 Å². The van der Waals surface area contributed by atoms with Gasteiger partial charge in [-0.2, -0.15) is 5.26 Å². The first-order chi connectivity index (χ1) is 11.1. The molecule has 4 nitrogen and oxygen atoms in total. The summed E-state index contributed by atoms with van der Waals surface area (Å²) in [5, 5.41) is 9.70. The summed E-state index contributed by atoms with van der Waals surface area (Å²) in [7, 11) is 1.83. The van der Waals surface area contributed by atoms with E-state index in [9.17, 15) is 4.79 Å². The van der Waals surface area contributed by atoms with E-state index < -0.39 is 0 Å². The van der Waals surface area contributed by atoms with Crippen molar-refractivity contribution in [2.75, 3.05) is 18.5 Å². The van der Waals surface area contributed by atoms with E-state index >= 15 is 0 Å². The molecule has 4 heteroatoms. The highest BCUT2D eigenvalue weighted by Gasteiger charge is 2.11. The minimum atomic E-state index is -0.379. The van der Waals surface area contributed by atoms with Gasteiger partial charge in [0.25, 0.3) is 0 Å². The van der Waals surface area contributed by atoms with Gasteiger partial charge in [-0.05, 0) is 30.2 Å². The Bertz CT molecular complexity index is 967. The van der Waals surface area contributed by atoms with Gasteiger partial charge in [-0.1, -0.05) is 24.3 Å². The first-order valence-electron chi connectivity index (χ1n) is 7.32. The Labute approximate surface area is 134 Å².